The van der Waals surface area contributed by atoms with Crippen molar-refractivity contribution in [3.8, 4) is 0 Å². The van der Waals surface area contributed by atoms with E-state index in [1.807, 2.05) is 12.4 Å². The van der Waals surface area contributed by atoms with Crippen LogP contribution in [-0.4, -0.2) is 16.0 Å². The van der Waals surface area contributed by atoms with Crippen LogP contribution in [0.15, 0.2) is 12.4 Å². The fourth-order valence-corrected chi connectivity index (χ4v) is 2.00. The molecule has 2 aliphatic rings. The first-order valence-electron chi connectivity index (χ1n) is 4.19. The number of nitrogens with one attached hydrogen (secondary N) is 2. The molecule has 2 heterocycles. The molecule has 2 N–H and O–H groups in total. The van der Waals surface area contributed by atoms with Gasteiger partial charge in [-0.15, -0.1) is 12.4 Å². The van der Waals surface area contributed by atoms with Crippen molar-refractivity contribution >= 4 is 12.4 Å². The fourth-order valence-electron chi connectivity index (χ4n) is 2.00. The Hall–Kier alpha value is -0.540. The molecule has 0 aromatic carbocycles. The summed E-state index contributed by atoms with van der Waals surface area (Å²) in [6, 6.07) is 1.32. The molecule has 1 aromatic rings. The molecule has 0 bridgehead atoms. The Labute approximate surface area is 77.4 Å². The molecule has 0 unspecified atom stereocenters. The predicted molar refractivity (Wildman–Crippen MR) is 48.2 cm³/mol. The van der Waals surface area contributed by atoms with E-state index in [4.69, 9.17) is 0 Å². The van der Waals surface area contributed by atoms with Crippen LogP contribution in [-0.2, 0) is 0 Å². The van der Waals surface area contributed by atoms with E-state index in [0.29, 0.717) is 6.04 Å². The maximum absolute atomic E-state index is 4.24. The number of rotatable bonds is 1. The van der Waals surface area contributed by atoms with Crippen molar-refractivity contribution in [2.75, 3.05) is 0 Å². The van der Waals surface area contributed by atoms with Gasteiger partial charge in [0.1, 0.15) is 5.82 Å². The van der Waals surface area contributed by atoms with Crippen LogP contribution in [0.4, 0.5) is 0 Å². The second kappa shape index (κ2) is 2.75. The Kier molecular flexibility index (Phi) is 1.85. The van der Waals surface area contributed by atoms with Gasteiger partial charge in [0.15, 0.2) is 0 Å². The molecule has 66 valence electrons. The zero-order valence-corrected chi connectivity index (χ0v) is 7.47. The van der Waals surface area contributed by atoms with Gasteiger partial charge in [-0.3, -0.25) is 0 Å². The molecule has 1 saturated carbocycles. The number of fused-ring (bicyclic) bond motifs is 1. The molecule has 1 aliphatic carbocycles. The Morgan fingerprint density at radius 3 is 2.92 bits per heavy atom. The summed E-state index contributed by atoms with van der Waals surface area (Å²) < 4.78 is 0. The van der Waals surface area contributed by atoms with Gasteiger partial charge >= 0.3 is 0 Å². The van der Waals surface area contributed by atoms with Gasteiger partial charge in [-0.2, -0.15) is 0 Å². The van der Waals surface area contributed by atoms with Crippen LogP contribution < -0.4 is 5.32 Å². The number of imidazole rings is 1. The van der Waals surface area contributed by atoms with E-state index >= 15 is 0 Å². The summed E-state index contributed by atoms with van der Waals surface area (Å²) >= 11 is 0. The number of hydrogen-bond donors (Lipinski definition) is 2. The third-order valence-corrected chi connectivity index (χ3v) is 2.73. The van der Waals surface area contributed by atoms with Crippen LogP contribution >= 0.6 is 12.4 Å². The lowest BCUT2D eigenvalue weighted by molar-refractivity contribution is 0.543. The van der Waals surface area contributed by atoms with Crippen LogP contribution in [0.3, 0.4) is 0 Å². The normalized spacial score (nSPS) is 37.2. The Balaban J connectivity index is 0.000000563. The van der Waals surface area contributed by atoms with Crippen LogP contribution in [0.1, 0.15) is 24.7 Å². The summed E-state index contributed by atoms with van der Waals surface area (Å²) in [6.07, 6.45) is 6.37. The number of piperidine rings is 1. The molecule has 0 amide bonds. The van der Waals surface area contributed by atoms with Crippen molar-refractivity contribution in [2.45, 2.75) is 24.9 Å². The van der Waals surface area contributed by atoms with Gasteiger partial charge in [0.2, 0.25) is 0 Å². The number of H-pyrrole nitrogens is 1. The average molecular weight is 186 g/mol. The SMILES string of the molecule is Cl.c1c[nH]c([C@@H]2C[C@H]3C[C@H]3N2)n1. The molecule has 0 spiro atoms. The van der Waals surface area contributed by atoms with Gasteiger partial charge in [-0.1, -0.05) is 0 Å². The number of halogens is 1. The highest BCUT2D eigenvalue weighted by Crippen LogP contribution is 2.45. The van der Waals surface area contributed by atoms with E-state index in [1.165, 1.54) is 12.8 Å². The zero-order chi connectivity index (χ0) is 7.26. The molecule has 2 fully saturated rings. The summed E-state index contributed by atoms with van der Waals surface area (Å²) in [6.45, 7) is 0. The second-order valence-electron chi connectivity index (χ2n) is 3.53. The first-order chi connectivity index (χ1) is 5.43. The van der Waals surface area contributed by atoms with Crippen LogP contribution in [0, 0.1) is 5.92 Å². The number of aromatic nitrogens is 2. The van der Waals surface area contributed by atoms with Crippen molar-refractivity contribution in [2.24, 2.45) is 5.92 Å². The summed E-state index contributed by atoms with van der Waals surface area (Å²) in [4.78, 5) is 7.38. The van der Waals surface area contributed by atoms with Gasteiger partial charge in [-0.25, -0.2) is 4.98 Å². The smallest absolute Gasteiger partial charge is 0.123 e. The number of hydrogen-bond acceptors (Lipinski definition) is 2. The van der Waals surface area contributed by atoms with Crippen molar-refractivity contribution < 1.29 is 0 Å². The van der Waals surface area contributed by atoms with E-state index in [2.05, 4.69) is 15.3 Å². The zero-order valence-electron chi connectivity index (χ0n) is 6.66. The second-order valence-corrected chi connectivity index (χ2v) is 3.53. The van der Waals surface area contributed by atoms with E-state index in [9.17, 15) is 0 Å². The van der Waals surface area contributed by atoms with Crippen molar-refractivity contribution in [3.05, 3.63) is 18.2 Å². The lowest BCUT2D eigenvalue weighted by Crippen LogP contribution is -2.18. The van der Waals surface area contributed by atoms with Crippen molar-refractivity contribution in [1.82, 2.24) is 15.3 Å². The molecule has 1 aliphatic heterocycles. The maximum atomic E-state index is 4.24. The minimum absolute atomic E-state index is 0. The monoisotopic (exact) mass is 185 g/mol. The Morgan fingerprint density at radius 2 is 2.33 bits per heavy atom. The van der Waals surface area contributed by atoms with E-state index in [0.717, 1.165) is 17.8 Å². The minimum Gasteiger partial charge on any atom is -0.347 e. The first-order valence-corrected chi connectivity index (χ1v) is 4.19. The Morgan fingerprint density at radius 1 is 1.42 bits per heavy atom. The molecule has 12 heavy (non-hydrogen) atoms. The lowest BCUT2D eigenvalue weighted by Gasteiger charge is -2.08. The Bertz CT molecular complexity index is 249. The summed E-state index contributed by atoms with van der Waals surface area (Å²) in [5.74, 6) is 2.06. The molecule has 4 heteroatoms. The standard InChI is InChI=1S/C8H11N3.ClH/c1-2-10-8(9-1)7-4-5-3-6(5)11-7;/h1-2,5-7,11H,3-4H2,(H,9,10);1H/t5-,6-,7+;/m1./s1. The summed E-state index contributed by atoms with van der Waals surface area (Å²) in [5.41, 5.74) is 0. The maximum Gasteiger partial charge on any atom is 0.123 e. The topological polar surface area (TPSA) is 40.7 Å². The highest BCUT2D eigenvalue weighted by Gasteiger charge is 2.46. The average Bonchev–Trinajstić information content (AvgIpc) is 2.60. The van der Waals surface area contributed by atoms with E-state index < -0.39 is 0 Å². The molecule has 0 radical (unpaired) electrons. The fraction of sp³-hybridized carbons (Fsp3) is 0.625. The summed E-state index contributed by atoms with van der Waals surface area (Å²) in [5, 5.41) is 3.54. The third kappa shape index (κ3) is 1.13. The van der Waals surface area contributed by atoms with Gasteiger partial charge in [0.05, 0.1) is 6.04 Å². The van der Waals surface area contributed by atoms with Gasteiger partial charge in [0.25, 0.3) is 0 Å². The van der Waals surface area contributed by atoms with Gasteiger partial charge < -0.3 is 10.3 Å². The number of nitrogens with zero attached hydrogens (tertiary/aromatic N) is 1. The molecule has 3 rings (SSSR count). The van der Waals surface area contributed by atoms with Crippen molar-refractivity contribution in [3.63, 3.8) is 0 Å². The predicted octanol–water partition coefficient (Wildman–Crippen LogP) is 1.25. The lowest BCUT2D eigenvalue weighted by atomic mass is 10.2. The first kappa shape index (κ1) is 8.08. The van der Waals surface area contributed by atoms with Crippen molar-refractivity contribution in [1.29, 1.82) is 0 Å². The quantitative estimate of drug-likeness (QED) is 0.692. The molecule has 1 aromatic heterocycles. The van der Waals surface area contributed by atoms with Crippen LogP contribution in [0.5, 0.6) is 0 Å². The summed E-state index contributed by atoms with van der Waals surface area (Å²) in [7, 11) is 0. The molecular formula is C8H12ClN3. The molecular weight excluding hydrogens is 174 g/mol. The van der Waals surface area contributed by atoms with E-state index in [-0.39, 0.29) is 12.4 Å². The minimum atomic E-state index is 0. The van der Waals surface area contributed by atoms with Crippen LogP contribution in [0.2, 0.25) is 0 Å². The molecule has 3 atom stereocenters. The third-order valence-electron chi connectivity index (χ3n) is 2.73. The highest BCUT2D eigenvalue weighted by molar-refractivity contribution is 5.85. The van der Waals surface area contributed by atoms with Gasteiger partial charge in [0, 0.05) is 18.4 Å². The highest BCUT2D eigenvalue weighted by atomic mass is 35.5. The molecule has 1 saturated heterocycles. The molecule has 3 nitrogen and oxygen atoms in total. The van der Waals surface area contributed by atoms with E-state index in [1.54, 1.807) is 0 Å². The van der Waals surface area contributed by atoms with Gasteiger partial charge in [-0.05, 0) is 18.8 Å². The largest absolute Gasteiger partial charge is 0.347 e. The van der Waals surface area contributed by atoms with Crippen LogP contribution in [0.25, 0.3) is 0 Å². The number of aromatic amines is 1.